The Bertz CT molecular complexity index is 848. The first kappa shape index (κ1) is 23.2. The maximum Gasteiger partial charge on any atom is 0.331 e. The van der Waals surface area contributed by atoms with Crippen LogP contribution in [0.3, 0.4) is 0 Å². The number of rotatable bonds is 10. The summed E-state index contributed by atoms with van der Waals surface area (Å²) in [6, 6.07) is 8.64. The number of carboxylic acid groups (broad SMARTS) is 1. The highest BCUT2D eigenvalue weighted by atomic mass is 16.4. The summed E-state index contributed by atoms with van der Waals surface area (Å²) in [6.45, 7) is 4.30. The van der Waals surface area contributed by atoms with Gasteiger partial charge in [-0.15, -0.1) is 0 Å². The van der Waals surface area contributed by atoms with Crippen LogP contribution in [0.4, 0.5) is 0 Å². The normalized spacial score (nSPS) is 19.4. The zero-order chi connectivity index (χ0) is 22.1. The number of carbonyl (C=O) groups is 1. The van der Waals surface area contributed by atoms with Gasteiger partial charge in [0, 0.05) is 23.5 Å². The summed E-state index contributed by atoms with van der Waals surface area (Å²) in [5, 5.41) is 9.56. The Balaban J connectivity index is 1.58. The Morgan fingerprint density at radius 3 is 2.26 bits per heavy atom. The second-order valence-electron chi connectivity index (χ2n) is 8.80. The highest BCUT2D eigenvalue weighted by molar-refractivity contribution is 5.87. The quantitative estimate of drug-likeness (QED) is 0.333. The third-order valence-electron chi connectivity index (χ3n) is 6.48. The largest absolute Gasteiger partial charge is 0.478 e. The number of benzene rings is 1. The number of aliphatic carboxylic acids is 1. The van der Waals surface area contributed by atoms with Gasteiger partial charge in [0.25, 0.3) is 0 Å². The van der Waals surface area contributed by atoms with E-state index < -0.39 is 5.97 Å². The Morgan fingerprint density at radius 1 is 1.00 bits per heavy atom. The molecule has 1 fully saturated rings. The molecule has 166 valence electrons. The van der Waals surface area contributed by atoms with Gasteiger partial charge in [-0.2, -0.15) is 0 Å². The molecule has 1 aliphatic carbocycles. The van der Waals surface area contributed by atoms with Gasteiger partial charge in [-0.05, 0) is 67.9 Å². The van der Waals surface area contributed by atoms with E-state index in [0.717, 1.165) is 56.3 Å². The van der Waals surface area contributed by atoms with Crippen molar-refractivity contribution in [3.63, 3.8) is 0 Å². The smallest absolute Gasteiger partial charge is 0.331 e. The fourth-order valence-electron chi connectivity index (χ4n) is 4.58. The zero-order valence-electron chi connectivity index (χ0n) is 19.0. The maximum absolute atomic E-state index is 11.6. The molecule has 1 saturated carbocycles. The van der Waals surface area contributed by atoms with Crippen molar-refractivity contribution in [1.29, 1.82) is 0 Å². The molecule has 0 aliphatic heterocycles. The minimum Gasteiger partial charge on any atom is -0.478 e. The van der Waals surface area contributed by atoms with Crippen molar-refractivity contribution in [3.8, 4) is 11.4 Å². The lowest BCUT2D eigenvalue weighted by atomic mass is 9.75. The SMILES string of the molecule is CCCC=C(C(=O)O)[C@H]1CC[C@H](c2ccc(-c3ncc(CCCCC)cn3)cc2)CC1. The topological polar surface area (TPSA) is 63.1 Å². The first-order valence-electron chi connectivity index (χ1n) is 12.0. The average molecular weight is 421 g/mol. The Labute approximate surface area is 186 Å². The molecule has 31 heavy (non-hydrogen) atoms. The molecular formula is C27H36N2O2. The fraction of sp³-hybridized carbons (Fsp3) is 0.519. The molecular weight excluding hydrogens is 384 g/mol. The Kier molecular flexibility index (Phi) is 8.81. The van der Waals surface area contributed by atoms with Gasteiger partial charge in [0.05, 0.1) is 0 Å². The van der Waals surface area contributed by atoms with Gasteiger partial charge in [-0.1, -0.05) is 63.5 Å². The van der Waals surface area contributed by atoms with Crippen LogP contribution in [0.5, 0.6) is 0 Å². The van der Waals surface area contributed by atoms with Gasteiger partial charge in [0.1, 0.15) is 0 Å². The fourth-order valence-corrected chi connectivity index (χ4v) is 4.58. The molecule has 1 aliphatic rings. The van der Waals surface area contributed by atoms with Crippen molar-refractivity contribution < 1.29 is 9.90 Å². The first-order valence-corrected chi connectivity index (χ1v) is 12.0. The number of unbranched alkanes of at least 4 members (excludes halogenated alkanes) is 3. The van der Waals surface area contributed by atoms with Gasteiger partial charge in [0.2, 0.25) is 0 Å². The molecule has 0 radical (unpaired) electrons. The van der Waals surface area contributed by atoms with Crippen LogP contribution in [0.15, 0.2) is 48.3 Å². The molecule has 2 aromatic rings. The Morgan fingerprint density at radius 2 is 1.68 bits per heavy atom. The van der Waals surface area contributed by atoms with Gasteiger partial charge in [-0.25, -0.2) is 14.8 Å². The van der Waals surface area contributed by atoms with E-state index in [1.807, 2.05) is 18.5 Å². The van der Waals surface area contributed by atoms with Crippen LogP contribution < -0.4 is 0 Å². The molecule has 4 nitrogen and oxygen atoms in total. The summed E-state index contributed by atoms with van der Waals surface area (Å²) < 4.78 is 0. The van der Waals surface area contributed by atoms with Gasteiger partial charge in [-0.3, -0.25) is 0 Å². The summed E-state index contributed by atoms with van der Waals surface area (Å²) in [5.74, 6) is 0.747. The summed E-state index contributed by atoms with van der Waals surface area (Å²) in [6.07, 6.45) is 16.4. The van der Waals surface area contributed by atoms with Crippen LogP contribution in [0.25, 0.3) is 11.4 Å². The van der Waals surface area contributed by atoms with E-state index in [-0.39, 0.29) is 5.92 Å². The zero-order valence-corrected chi connectivity index (χ0v) is 19.0. The third-order valence-corrected chi connectivity index (χ3v) is 6.48. The average Bonchev–Trinajstić information content (AvgIpc) is 2.80. The van der Waals surface area contributed by atoms with Gasteiger partial charge < -0.3 is 5.11 Å². The molecule has 1 heterocycles. The maximum atomic E-state index is 11.6. The molecule has 1 aromatic heterocycles. The van der Waals surface area contributed by atoms with Crippen LogP contribution >= 0.6 is 0 Å². The number of hydrogen-bond acceptors (Lipinski definition) is 3. The summed E-state index contributed by atoms with van der Waals surface area (Å²) >= 11 is 0. The van der Waals surface area contributed by atoms with E-state index >= 15 is 0 Å². The van der Waals surface area contributed by atoms with Crippen molar-refractivity contribution in [2.24, 2.45) is 5.92 Å². The molecule has 4 heteroatoms. The van der Waals surface area contributed by atoms with Crippen LogP contribution in [-0.2, 0) is 11.2 Å². The van der Waals surface area contributed by atoms with Crippen molar-refractivity contribution in [2.45, 2.75) is 84.0 Å². The van der Waals surface area contributed by atoms with E-state index in [1.54, 1.807) is 0 Å². The van der Waals surface area contributed by atoms with E-state index in [2.05, 4.69) is 48.1 Å². The highest BCUT2D eigenvalue weighted by Gasteiger charge is 2.27. The second-order valence-corrected chi connectivity index (χ2v) is 8.80. The van der Waals surface area contributed by atoms with E-state index in [4.69, 9.17) is 0 Å². The molecule has 1 N–H and O–H groups in total. The van der Waals surface area contributed by atoms with E-state index in [9.17, 15) is 9.90 Å². The van der Waals surface area contributed by atoms with Crippen LogP contribution in [-0.4, -0.2) is 21.0 Å². The molecule has 0 saturated heterocycles. The molecule has 0 atom stereocenters. The first-order chi connectivity index (χ1) is 15.1. The van der Waals surface area contributed by atoms with Crippen molar-refractivity contribution >= 4 is 5.97 Å². The predicted octanol–water partition coefficient (Wildman–Crippen LogP) is 6.96. The van der Waals surface area contributed by atoms with Crippen molar-refractivity contribution in [2.75, 3.05) is 0 Å². The monoisotopic (exact) mass is 420 g/mol. The third kappa shape index (κ3) is 6.49. The lowest BCUT2D eigenvalue weighted by Crippen LogP contribution is -2.19. The van der Waals surface area contributed by atoms with E-state index in [1.165, 1.54) is 30.4 Å². The van der Waals surface area contributed by atoms with Gasteiger partial charge >= 0.3 is 5.97 Å². The number of aryl methyl sites for hydroxylation is 1. The van der Waals surface area contributed by atoms with Crippen LogP contribution in [0.2, 0.25) is 0 Å². The molecule has 3 rings (SSSR count). The molecule has 0 bridgehead atoms. The summed E-state index contributed by atoms with van der Waals surface area (Å²) in [5.41, 5.74) is 4.23. The molecule has 0 amide bonds. The van der Waals surface area contributed by atoms with Crippen molar-refractivity contribution in [1.82, 2.24) is 9.97 Å². The minimum absolute atomic E-state index is 0.198. The van der Waals surface area contributed by atoms with Crippen LogP contribution in [0, 0.1) is 5.92 Å². The molecule has 1 aromatic carbocycles. The van der Waals surface area contributed by atoms with Gasteiger partial charge in [0.15, 0.2) is 5.82 Å². The predicted molar refractivity (Wildman–Crippen MR) is 126 cm³/mol. The standard InChI is InChI=1S/C27H36N2O2/c1-3-5-7-8-20-18-28-26(29-19-20)24-16-12-22(13-17-24)21-10-14-23(15-11-21)25(27(30)31)9-6-4-2/h9,12-13,16-19,21,23H,3-8,10-11,14-15H2,1-2H3,(H,30,31)/t21-,23-. The number of nitrogens with zero attached hydrogens (tertiary/aromatic N) is 2. The highest BCUT2D eigenvalue weighted by Crippen LogP contribution is 2.39. The summed E-state index contributed by atoms with van der Waals surface area (Å²) in [4.78, 5) is 20.8. The van der Waals surface area contributed by atoms with Crippen LogP contribution in [0.1, 0.15) is 88.7 Å². The summed E-state index contributed by atoms with van der Waals surface area (Å²) in [7, 11) is 0. The Hall–Kier alpha value is -2.49. The number of aromatic nitrogens is 2. The van der Waals surface area contributed by atoms with E-state index in [0.29, 0.717) is 11.5 Å². The lowest BCUT2D eigenvalue weighted by molar-refractivity contribution is -0.133. The number of allylic oxidation sites excluding steroid dienone is 1. The lowest BCUT2D eigenvalue weighted by Gasteiger charge is -2.29. The number of carboxylic acids is 1. The molecule has 0 spiro atoms. The molecule has 0 unspecified atom stereocenters. The van der Waals surface area contributed by atoms with Crippen molar-refractivity contribution in [3.05, 3.63) is 59.4 Å². The minimum atomic E-state index is -0.738. The number of hydrogen-bond donors (Lipinski definition) is 1. The second kappa shape index (κ2) is 11.8.